The summed E-state index contributed by atoms with van der Waals surface area (Å²) in [7, 11) is 0. The van der Waals surface area contributed by atoms with Gasteiger partial charge in [0, 0.05) is 12.0 Å². The summed E-state index contributed by atoms with van der Waals surface area (Å²) in [6, 6.07) is 9.68. The van der Waals surface area contributed by atoms with E-state index in [2.05, 4.69) is 5.32 Å². The molecule has 0 aliphatic rings. The summed E-state index contributed by atoms with van der Waals surface area (Å²) in [5.41, 5.74) is 5.70. The molecule has 22 heavy (non-hydrogen) atoms. The molecule has 0 unspecified atom stereocenters. The Hall–Kier alpha value is -2.76. The van der Waals surface area contributed by atoms with Gasteiger partial charge in [-0.2, -0.15) is 0 Å². The van der Waals surface area contributed by atoms with E-state index >= 15 is 0 Å². The second-order valence-corrected chi connectivity index (χ2v) is 4.73. The maximum atomic E-state index is 13.6. The summed E-state index contributed by atoms with van der Waals surface area (Å²) in [5, 5.41) is 2.43. The van der Waals surface area contributed by atoms with Crippen LogP contribution in [0.25, 0.3) is 0 Å². The molecule has 2 aromatic carbocycles. The Bertz CT molecular complexity index is 687. The molecular weight excluding hydrogens is 290 g/mol. The number of primary amides is 1. The monoisotopic (exact) mass is 304 g/mol. The maximum Gasteiger partial charge on any atom is 0.251 e. The van der Waals surface area contributed by atoms with Crippen LogP contribution in [0.5, 0.6) is 0 Å². The van der Waals surface area contributed by atoms with Gasteiger partial charge in [-0.05, 0) is 35.9 Å². The van der Waals surface area contributed by atoms with Gasteiger partial charge >= 0.3 is 0 Å². The van der Waals surface area contributed by atoms with Crippen molar-refractivity contribution in [1.29, 1.82) is 0 Å². The molecule has 0 fully saturated rings. The van der Waals surface area contributed by atoms with Gasteiger partial charge in [0.25, 0.3) is 5.91 Å². The van der Waals surface area contributed by atoms with Crippen LogP contribution in [-0.4, -0.2) is 17.9 Å². The van der Waals surface area contributed by atoms with Crippen LogP contribution in [0.4, 0.5) is 8.78 Å². The van der Waals surface area contributed by atoms with E-state index in [0.29, 0.717) is 0 Å². The molecule has 0 aromatic heterocycles. The highest BCUT2D eigenvalue weighted by atomic mass is 19.1. The Morgan fingerprint density at radius 2 is 1.68 bits per heavy atom. The molecule has 2 rings (SSSR count). The normalized spacial score (nSPS) is 11.7. The Kier molecular flexibility index (Phi) is 4.83. The standard InChI is InChI=1S/C16H14F2N2O2/c17-12-7-5-10(6-8-12)16(22)20-14(15(19)21)9-11-3-1-2-4-13(11)18/h1-8,14H,9H2,(H2,19,21)(H,20,22)/t14-/m0/s1. The minimum atomic E-state index is -1.06. The molecular formula is C16H14F2N2O2. The van der Waals surface area contributed by atoms with E-state index in [1.165, 1.54) is 30.3 Å². The zero-order valence-corrected chi connectivity index (χ0v) is 11.6. The number of carbonyl (C=O) groups is 2. The first-order valence-corrected chi connectivity index (χ1v) is 6.56. The van der Waals surface area contributed by atoms with Gasteiger partial charge in [-0.1, -0.05) is 18.2 Å². The van der Waals surface area contributed by atoms with Crippen molar-refractivity contribution in [1.82, 2.24) is 5.32 Å². The smallest absolute Gasteiger partial charge is 0.251 e. The van der Waals surface area contributed by atoms with Crippen LogP contribution in [-0.2, 0) is 11.2 Å². The van der Waals surface area contributed by atoms with Crippen molar-refractivity contribution < 1.29 is 18.4 Å². The lowest BCUT2D eigenvalue weighted by Crippen LogP contribution is -2.46. The van der Waals surface area contributed by atoms with Crippen LogP contribution in [0.3, 0.4) is 0 Å². The molecule has 1 atom stereocenters. The van der Waals surface area contributed by atoms with E-state index in [1.54, 1.807) is 6.07 Å². The van der Waals surface area contributed by atoms with Crippen molar-refractivity contribution in [2.45, 2.75) is 12.5 Å². The summed E-state index contributed by atoms with van der Waals surface area (Å²) in [6.45, 7) is 0. The summed E-state index contributed by atoms with van der Waals surface area (Å²) < 4.78 is 26.4. The average molecular weight is 304 g/mol. The molecule has 0 radical (unpaired) electrons. The third-order valence-electron chi connectivity index (χ3n) is 3.14. The first-order valence-electron chi connectivity index (χ1n) is 6.56. The summed E-state index contributed by atoms with van der Waals surface area (Å²) in [6.07, 6.45) is -0.0606. The predicted octanol–water partition coefficient (Wildman–Crippen LogP) is 1.79. The zero-order valence-electron chi connectivity index (χ0n) is 11.6. The highest BCUT2D eigenvalue weighted by molar-refractivity contribution is 5.97. The predicted molar refractivity (Wildman–Crippen MR) is 77.0 cm³/mol. The second kappa shape index (κ2) is 6.80. The number of carbonyl (C=O) groups excluding carboxylic acids is 2. The molecule has 0 spiro atoms. The lowest BCUT2D eigenvalue weighted by atomic mass is 10.0. The first kappa shape index (κ1) is 15.6. The van der Waals surface area contributed by atoms with Gasteiger partial charge in [0.1, 0.15) is 17.7 Å². The Balaban J connectivity index is 2.12. The Morgan fingerprint density at radius 1 is 1.05 bits per heavy atom. The van der Waals surface area contributed by atoms with Crippen LogP contribution in [0.2, 0.25) is 0 Å². The number of nitrogens with one attached hydrogen (secondary N) is 1. The molecule has 0 saturated carbocycles. The molecule has 3 N–H and O–H groups in total. The number of hydrogen-bond donors (Lipinski definition) is 2. The number of amides is 2. The second-order valence-electron chi connectivity index (χ2n) is 4.73. The lowest BCUT2D eigenvalue weighted by Gasteiger charge is -2.16. The molecule has 0 saturated heterocycles. The Morgan fingerprint density at radius 3 is 2.27 bits per heavy atom. The molecule has 114 valence electrons. The first-order chi connectivity index (χ1) is 10.5. The van der Waals surface area contributed by atoms with Crippen molar-refractivity contribution in [3.63, 3.8) is 0 Å². The fourth-order valence-electron chi connectivity index (χ4n) is 1.95. The van der Waals surface area contributed by atoms with Crippen molar-refractivity contribution in [3.8, 4) is 0 Å². The lowest BCUT2D eigenvalue weighted by molar-refractivity contribution is -0.119. The van der Waals surface area contributed by atoms with E-state index in [1.807, 2.05) is 0 Å². The SMILES string of the molecule is NC(=O)[C@H](Cc1ccccc1F)NC(=O)c1ccc(F)cc1. The van der Waals surface area contributed by atoms with Gasteiger partial charge in [0.05, 0.1) is 0 Å². The number of nitrogens with two attached hydrogens (primary N) is 1. The van der Waals surface area contributed by atoms with E-state index in [-0.39, 0.29) is 17.5 Å². The minimum absolute atomic E-state index is 0.0606. The van der Waals surface area contributed by atoms with Crippen LogP contribution < -0.4 is 11.1 Å². The van der Waals surface area contributed by atoms with Gasteiger partial charge < -0.3 is 11.1 Å². The minimum Gasteiger partial charge on any atom is -0.368 e. The van der Waals surface area contributed by atoms with E-state index in [0.717, 1.165) is 12.1 Å². The van der Waals surface area contributed by atoms with E-state index in [9.17, 15) is 18.4 Å². The van der Waals surface area contributed by atoms with Crippen molar-refractivity contribution in [2.24, 2.45) is 5.73 Å². The number of hydrogen-bond acceptors (Lipinski definition) is 2. The Labute approximate surface area is 125 Å². The van der Waals surface area contributed by atoms with E-state index < -0.39 is 29.5 Å². The molecule has 0 aliphatic carbocycles. The number of rotatable bonds is 5. The summed E-state index contributed by atoms with van der Waals surface area (Å²) in [5.74, 6) is -2.32. The maximum absolute atomic E-state index is 13.6. The summed E-state index contributed by atoms with van der Waals surface area (Å²) in [4.78, 5) is 23.5. The van der Waals surface area contributed by atoms with Crippen molar-refractivity contribution in [2.75, 3.05) is 0 Å². The van der Waals surface area contributed by atoms with Crippen LogP contribution >= 0.6 is 0 Å². The van der Waals surface area contributed by atoms with Gasteiger partial charge in [0.2, 0.25) is 5.91 Å². The quantitative estimate of drug-likeness (QED) is 0.884. The van der Waals surface area contributed by atoms with E-state index in [4.69, 9.17) is 5.73 Å². The van der Waals surface area contributed by atoms with Crippen LogP contribution in [0, 0.1) is 11.6 Å². The molecule has 0 bridgehead atoms. The van der Waals surface area contributed by atoms with Gasteiger partial charge in [-0.15, -0.1) is 0 Å². The van der Waals surface area contributed by atoms with Gasteiger partial charge in [-0.3, -0.25) is 9.59 Å². The van der Waals surface area contributed by atoms with Crippen LogP contribution in [0.15, 0.2) is 48.5 Å². The third-order valence-corrected chi connectivity index (χ3v) is 3.14. The number of halogens is 2. The van der Waals surface area contributed by atoms with Gasteiger partial charge in [-0.25, -0.2) is 8.78 Å². The third kappa shape index (κ3) is 3.88. The average Bonchev–Trinajstić information content (AvgIpc) is 2.49. The molecule has 6 heteroatoms. The number of benzene rings is 2. The highest BCUT2D eigenvalue weighted by Gasteiger charge is 2.20. The molecule has 0 heterocycles. The fourth-order valence-corrected chi connectivity index (χ4v) is 1.95. The van der Waals surface area contributed by atoms with Crippen molar-refractivity contribution >= 4 is 11.8 Å². The fraction of sp³-hybridized carbons (Fsp3) is 0.125. The summed E-state index contributed by atoms with van der Waals surface area (Å²) >= 11 is 0. The van der Waals surface area contributed by atoms with Crippen LogP contribution in [0.1, 0.15) is 15.9 Å². The zero-order chi connectivity index (χ0) is 16.1. The van der Waals surface area contributed by atoms with Gasteiger partial charge in [0.15, 0.2) is 0 Å². The van der Waals surface area contributed by atoms with Crippen molar-refractivity contribution in [3.05, 3.63) is 71.3 Å². The molecule has 4 nitrogen and oxygen atoms in total. The topological polar surface area (TPSA) is 72.2 Å². The highest BCUT2D eigenvalue weighted by Crippen LogP contribution is 2.10. The molecule has 2 aromatic rings. The molecule has 2 amide bonds. The molecule has 0 aliphatic heterocycles. The largest absolute Gasteiger partial charge is 0.368 e.